The molecule has 0 saturated heterocycles. The van der Waals surface area contributed by atoms with Gasteiger partial charge >= 0.3 is 0 Å². The van der Waals surface area contributed by atoms with Crippen molar-refractivity contribution in [3.63, 3.8) is 0 Å². The molecular formula is C12H18Cl2NO+. The first kappa shape index (κ1) is 13.6. The van der Waals surface area contributed by atoms with Gasteiger partial charge in [-0.3, -0.25) is 0 Å². The van der Waals surface area contributed by atoms with Gasteiger partial charge in [0.05, 0.1) is 24.2 Å². The minimum absolute atomic E-state index is 0.572. The van der Waals surface area contributed by atoms with Crippen molar-refractivity contribution in [1.82, 2.24) is 0 Å². The first-order valence-corrected chi connectivity index (χ1v) is 6.13. The van der Waals surface area contributed by atoms with Crippen LogP contribution in [0.2, 0.25) is 10.0 Å². The average molecular weight is 263 g/mol. The fraction of sp³-hybridized carbons (Fsp3) is 0.500. The minimum atomic E-state index is 0.572. The van der Waals surface area contributed by atoms with E-state index in [1.165, 1.54) is 0 Å². The first-order chi connectivity index (χ1) is 7.54. The Morgan fingerprint density at radius 3 is 2.56 bits per heavy atom. The Bertz CT molecular complexity index is 353. The molecule has 1 aromatic carbocycles. The van der Waals surface area contributed by atoms with Gasteiger partial charge in [0.15, 0.2) is 0 Å². The summed E-state index contributed by atoms with van der Waals surface area (Å²) in [7, 11) is 1.63. The zero-order chi connectivity index (χ0) is 12.1. The van der Waals surface area contributed by atoms with E-state index in [1.807, 2.05) is 6.07 Å². The van der Waals surface area contributed by atoms with Crippen LogP contribution in [0, 0.1) is 5.92 Å². The fourth-order valence-electron chi connectivity index (χ4n) is 1.57. The van der Waals surface area contributed by atoms with Crippen LogP contribution < -0.4 is 10.1 Å². The number of benzene rings is 1. The summed E-state index contributed by atoms with van der Waals surface area (Å²) >= 11 is 12.0. The standard InChI is InChI=1S/C12H17Cl2NO/c1-8(2)6-15-7-9-4-10(13)5-11(14)12(9)16-3/h4-5,8,15H,6-7H2,1-3H3/p+1. The SMILES string of the molecule is COc1c(Cl)cc(Cl)cc1C[NH2+]CC(C)C. The minimum Gasteiger partial charge on any atom is -0.495 e. The van der Waals surface area contributed by atoms with Crippen molar-refractivity contribution in [1.29, 1.82) is 0 Å². The second-order valence-electron chi connectivity index (χ2n) is 4.20. The lowest BCUT2D eigenvalue weighted by Crippen LogP contribution is -2.83. The summed E-state index contributed by atoms with van der Waals surface area (Å²) < 4.78 is 5.28. The van der Waals surface area contributed by atoms with E-state index in [4.69, 9.17) is 27.9 Å². The van der Waals surface area contributed by atoms with Crippen LogP contribution >= 0.6 is 23.2 Å². The van der Waals surface area contributed by atoms with E-state index in [-0.39, 0.29) is 0 Å². The number of quaternary nitrogens is 1. The van der Waals surface area contributed by atoms with Gasteiger partial charge in [0.2, 0.25) is 0 Å². The molecule has 0 radical (unpaired) electrons. The number of nitrogens with two attached hydrogens (primary N) is 1. The predicted molar refractivity (Wildman–Crippen MR) is 68.3 cm³/mol. The fourth-order valence-corrected chi connectivity index (χ4v) is 2.18. The van der Waals surface area contributed by atoms with Gasteiger partial charge in [-0.1, -0.05) is 37.0 Å². The van der Waals surface area contributed by atoms with E-state index in [0.717, 1.165) is 24.4 Å². The lowest BCUT2D eigenvalue weighted by atomic mass is 10.1. The molecule has 0 aliphatic carbocycles. The van der Waals surface area contributed by atoms with Gasteiger partial charge in [-0.15, -0.1) is 0 Å². The van der Waals surface area contributed by atoms with E-state index >= 15 is 0 Å². The highest BCUT2D eigenvalue weighted by molar-refractivity contribution is 6.35. The maximum absolute atomic E-state index is 6.05. The number of methoxy groups -OCH3 is 1. The summed E-state index contributed by atoms with van der Waals surface area (Å²) in [6, 6.07) is 3.61. The van der Waals surface area contributed by atoms with Crippen molar-refractivity contribution in [3.8, 4) is 5.75 Å². The predicted octanol–water partition coefficient (Wildman–Crippen LogP) is 2.72. The Balaban J connectivity index is 2.77. The highest BCUT2D eigenvalue weighted by atomic mass is 35.5. The van der Waals surface area contributed by atoms with Crippen molar-refractivity contribution >= 4 is 23.2 Å². The first-order valence-electron chi connectivity index (χ1n) is 5.38. The molecule has 0 atom stereocenters. The van der Waals surface area contributed by atoms with Crippen LogP contribution in [0.5, 0.6) is 5.75 Å². The highest BCUT2D eigenvalue weighted by Crippen LogP contribution is 2.31. The smallest absolute Gasteiger partial charge is 0.146 e. The summed E-state index contributed by atoms with van der Waals surface area (Å²) in [4.78, 5) is 0. The summed E-state index contributed by atoms with van der Waals surface area (Å²) in [6.45, 7) is 6.30. The molecule has 0 unspecified atom stereocenters. The van der Waals surface area contributed by atoms with Gasteiger partial charge in [-0.2, -0.15) is 0 Å². The second kappa shape index (κ2) is 6.33. The van der Waals surface area contributed by atoms with Gasteiger partial charge in [0, 0.05) is 10.9 Å². The van der Waals surface area contributed by atoms with Crippen molar-refractivity contribution < 1.29 is 10.1 Å². The van der Waals surface area contributed by atoms with Gasteiger partial charge in [-0.25, -0.2) is 0 Å². The van der Waals surface area contributed by atoms with Crippen LogP contribution in [-0.2, 0) is 6.54 Å². The molecule has 0 saturated carbocycles. The lowest BCUT2D eigenvalue weighted by molar-refractivity contribution is -0.675. The van der Waals surface area contributed by atoms with E-state index in [9.17, 15) is 0 Å². The number of hydrogen-bond acceptors (Lipinski definition) is 1. The third-order valence-electron chi connectivity index (χ3n) is 2.29. The van der Waals surface area contributed by atoms with E-state index in [0.29, 0.717) is 16.0 Å². The summed E-state index contributed by atoms with van der Waals surface area (Å²) in [5.41, 5.74) is 1.04. The van der Waals surface area contributed by atoms with Crippen molar-refractivity contribution in [2.24, 2.45) is 5.92 Å². The van der Waals surface area contributed by atoms with E-state index in [1.54, 1.807) is 13.2 Å². The van der Waals surface area contributed by atoms with Gasteiger partial charge in [0.25, 0.3) is 0 Å². The molecule has 0 fully saturated rings. The Kier molecular flexibility index (Phi) is 5.39. The molecule has 0 amide bonds. The van der Waals surface area contributed by atoms with Crippen LogP contribution in [0.1, 0.15) is 19.4 Å². The van der Waals surface area contributed by atoms with Crippen LogP contribution in [0.15, 0.2) is 12.1 Å². The Morgan fingerprint density at radius 2 is 2.00 bits per heavy atom. The molecule has 90 valence electrons. The maximum atomic E-state index is 6.05. The molecule has 1 aromatic rings. The molecular weight excluding hydrogens is 245 g/mol. The number of ether oxygens (including phenoxy) is 1. The molecule has 0 bridgehead atoms. The van der Waals surface area contributed by atoms with Crippen LogP contribution in [0.4, 0.5) is 0 Å². The van der Waals surface area contributed by atoms with Crippen molar-refractivity contribution in [3.05, 3.63) is 27.7 Å². The Morgan fingerprint density at radius 1 is 1.31 bits per heavy atom. The van der Waals surface area contributed by atoms with E-state index in [2.05, 4.69) is 19.2 Å². The zero-order valence-electron chi connectivity index (χ0n) is 9.89. The number of rotatable bonds is 5. The number of halogens is 2. The molecule has 0 aliphatic heterocycles. The quantitative estimate of drug-likeness (QED) is 0.868. The lowest BCUT2D eigenvalue weighted by Gasteiger charge is -2.11. The zero-order valence-corrected chi connectivity index (χ0v) is 11.4. The molecule has 0 spiro atoms. The Labute approximate surface area is 107 Å². The van der Waals surface area contributed by atoms with Crippen LogP contribution in [-0.4, -0.2) is 13.7 Å². The third-order valence-corrected chi connectivity index (χ3v) is 2.79. The summed E-state index contributed by atoms with van der Waals surface area (Å²) in [6.07, 6.45) is 0. The highest BCUT2D eigenvalue weighted by Gasteiger charge is 2.11. The monoisotopic (exact) mass is 262 g/mol. The summed E-state index contributed by atoms with van der Waals surface area (Å²) in [5, 5.41) is 3.46. The molecule has 16 heavy (non-hydrogen) atoms. The van der Waals surface area contributed by atoms with Crippen molar-refractivity contribution in [2.45, 2.75) is 20.4 Å². The number of hydrogen-bond donors (Lipinski definition) is 1. The van der Waals surface area contributed by atoms with Gasteiger partial charge < -0.3 is 10.1 Å². The molecule has 1 rings (SSSR count). The third kappa shape index (κ3) is 3.85. The molecule has 2 nitrogen and oxygen atoms in total. The van der Waals surface area contributed by atoms with Gasteiger partial charge in [0.1, 0.15) is 12.3 Å². The Hall–Kier alpha value is -0.440. The molecule has 2 N–H and O–H groups in total. The van der Waals surface area contributed by atoms with Crippen LogP contribution in [0.3, 0.4) is 0 Å². The second-order valence-corrected chi connectivity index (χ2v) is 5.05. The van der Waals surface area contributed by atoms with Crippen LogP contribution in [0.25, 0.3) is 0 Å². The normalized spacial score (nSPS) is 10.9. The van der Waals surface area contributed by atoms with E-state index < -0.39 is 0 Å². The average Bonchev–Trinajstić information content (AvgIpc) is 2.16. The van der Waals surface area contributed by atoms with Crippen molar-refractivity contribution in [2.75, 3.05) is 13.7 Å². The topological polar surface area (TPSA) is 25.8 Å². The molecule has 4 heteroatoms. The molecule has 0 aromatic heterocycles. The summed E-state index contributed by atoms with van der Waals surface area (Å²) in [5.74, 6) is 1.40. The molecule has 0 heterocycles. The maximum Gasteiger partial charge on any atom is 0.146 e. The van der Waals surface area contributed by atoms with Gasteiger partial charge in [-0.05, 0) is 12.1 Å². The molecule has 0 aliphatic rings. The largest absolute Gasteiger partial charge is 0.495 e.